The minimum atomic E-state index is -0.957. The molecular formula is C11H15FN2O. The van der Waals surface area contributed by atoms with Crippen LogP contribution < -0.4 is 10.6 Å². The van der Waals surface area contributed by atoms with E-state index in [1.165, 1.54) is 17.0 Å². The average molecular weight is 210 g/mol. The number of halogens is 1. The third-order valence-corrected chi connectivity index (χ3v) is 2.05. The fraction of sp³-hybridized carbons (Fsp3) is 0.364. The van der Waals surface area contributed by atoms with Gasteiger partial charge in [-0.25, -0.2) is 4.39 Å². The first kappa shape index (κ1) is 11.7. The van der Waals surface area contributed by atoms with Gasteiger partial charge in [0, 0.05) is 12.7 Å². The SMILES string of the molecule is CN(C(=O)C(C)(C)N)c1cccc(F)c1. The molecule has 0 spiro atoms. The van der Waals surface area contributed by atoms with Crippen LogP contribution in [-0.4, -0.2) is 18.5 Å². The fourth-order valence-corrected chi connectivity index (χ4v) is 1.23. The molecule has 0 aromatic heterocycles. The number of rotatable bonds is 2. The van der Waals surface area contributed by atoms with Crippen LogP contribution in [0.5, 0.6) is 0 Å². The van der Waals surface area contributed by atoms with Gasteiger partial charge < -0.3 is 10.6 Å². The summed E-state index contributed by atoms with van der Waals surface area (Å²) in [7, 11) is 1.58. The van der Waals surface area contributed by atoms with E-state index in [0.717, 1.165) is 0 Å². The highest BCUT2D eigenvalue weighted by Crippen LogP contribution is 2.16. The Morgan fingerprint density at radius 3 is 2.53 bits per heavy atom. The molecule has 0 unspecified atom stereocenters. The van der Waals surface area contributed by atoms with Crippen LogP contribution in [0.15, 0.2) is 24.3 Å². The molecule has 0 radical (unpaired) electrons. The number of nitrogens with zero attached hydrogens (tertiary/aromatic N) is 1. The van der Waals surface area contributed by atoms with Crippen molar-refractivity contribution in [1.29, 1.82) is 0 Å². The lowest BCUT2D eigenvalue weighted by atomic mass is 10.1. The molecule has 1 amide bonds. The van der Waals surface area contributed by atoms with Gasteiger partial charge in [-0.3, -0.25) is 4.79 Å². The standard InChI is InChI=1S/C11H15FN2O/c1-11(2,13)10(15)14(3)9-6-4-5-8(12)7-9/h4-7H,13H2,1-3H3. The van der Waals surface area contributed by atoms with E-state index < -0.39 is 5.54 Å². The van der Waals surface area contributed by atoms with Gasteiger partial charge in [0.25, 0.3) is 0 Å². The van der Waals surface area contributed by atoms with E-state index in [9.17, 15) is 9.18 Å². The van der Waals surface area contributed by atoms with Crippen molar-refractivity contribution in [3.63, 3.8) is 0 Å². The second kappa shape index (κ2) is 3.98. The molecule has 0 bridgehead atoms. The quantitative estimate of drug-likeness (QED) is 0.804. The Hall–Kier alpha value is -1.42. The molecule has 82 valence electrons. The molecular weight excluding hydrogens is 195 g/mol. The number of carbonyl (C=O) groups excluding carboxylic acids is 1. The maximum atomic E-state index is 12.9. The van der Waals surface area contributed by atoms with Gasteiger partial charge in [-0.1, -0.05) is 6.07 Å². The van der Waals surface area contributed by atoms with Crippen LogP contribution in [0, 0.1) is 5.82 Å². The van der Waals surface area contributed by atoms with Gasteiger partial charge in [0.05, 0.1) is 5.54 Å². The van der Waals surface area contributed by atoms with Crippen LogP contribution in [0.1, 0.15) is 13.8 Å². The zero-order valence-electron chi connectivity index (χ0n) is 9.12. The predicted molar refractivity (Wildman–Crippen MR) is 58.1 cm³/mol. The maximum absolute atomic E-state index is 12.9. The van der Waals surface area contributed by atoms with Crippen LogP contribution >= 0.6 is 0 Å². The summed E-state index contributed by atoms with van der Waals surface area (Å²) in [4.78, 5) is 13.1. The van der Waals surface area contributed by atoms with E-state index in [4.69, 9.17) is 5.73 Å². The van der Waals surface area contributed by atoms with Gasteiger partial charge in [0.15, 0.2) is 0 Å². The summed E-state index contributed by atoms with van der Waals surface area (Å²) < 4.78 is 12.9. The monoisotopic (exact) mass is 210 g/mol. The highest BCUT2D eigenvalue weighted by molar-refractivity contribution is 5.98. The Morgan fingerprint density at radius 2 is 2.07 bits per heavy atom. The number of hydrogen-bond donors (Lipinski definition) is 1. The van der Waals surface area contributed by atoms with Gasteiger partial charge >= 0.3 is 0 Å². The van der Waals surface area contributed by atoms with Crippen molar-refractivity contribution in [3.8, 4) is 0 Å². The average Bonchev–Trinajstić information content (AvgIpc) is 2.14. The minimum Gasteiger partial charge on any atom is -0.318 e. The van der Waals surface area contributed by atoms with Crippen molar-refractivity contribution in [2.45, 2.75) is 19.4 Å². The zero-order chi connectivity index (χ0) is 11.6. The number of hydrogen-bond acceptors (Lipinski definition) is 2. The third kappa shape index (κ3) is 2.76. The largest absolute Gasteiger partial charge is 0.318 e. The van der Waals surface area contributed by atoms with Crippen molar-refractivity contribution in [2.75, 3.05) is 11.9 Å². The van der Waals surface area contributed by atoms with Crippen LogP contribution in [0.3, 0.4) is 0 Å². The van der Waals surface area contributed by atoms with Gasteiger partial charge in [-0.2, -0.15) is 0 Å². The molecule has 0 saturated carbocycles. The Balaban J connectivity index is 2.95. The molecule has 2 N–H and O–H groups in total. The van der Waals surface area contributed by atoms with Crippen molar-refractivity contribution in [3.05, 3.63) is 30.1 Å². The van der Waals surface area contributed by atoms with Gasteiger partial charge in [-0.05, 0) is 32.0 Å². The number of amides is 1. The maximum Gasteiger partial charge on any atom is 0.246 e. The van der Waals surface area contributed by atoms with Crippen molar-refractivity contribution in [2.24, 2.45) is 5.73 Å². The van der Waals surface area contributed by atoms with Gasteiger partial charge in [0.1, 0.15) is 5.82 Å². The molecule has 0 atom stereocenters. The molecule has 0 saturated heterocycles. The smallest absolute Gasteiger partial charge is 0.246 e. The summed E-state index contributed by atoms with van der Waals surface area (Å²) in [5.74, 6) is -0.630. The minimum absolute atomic E-state index is 0.256. The molecule has 0 aliphatic rings. The normalized spacial score (nSPS) is 11.3. The molecule has 15 heavy (non-hydrogen) atoms. The van der Waals surface area contributed by atoms with E-state index in [-0.39, 0.29) is 11.7 Å². The van der Waals surface area contributed by atoms with Crippen LogP contribution in [0.2, 0.25) is 0 Å². The second-order valence-electron chi connectivity index (χ2n) is 4.07. The highest BCUT2D eigenvalue weighted by Gasteiger charge is 2.26. The number of likely N-dealkylation sites (N-methyl/N-ethyl adjacent to an activating group) is 1. The van der Waals surface area contributed by atoms with Gasteiger partial charge in [0.2, 0.25) is 5.91 Å². The summed E-state index contributed by atoms with van der Waals surface area (Å²) in [6, 6.07) is 5.84. The molecule has 0 aliphatic heterocycles. The number of nitrogens with two attached hydrogens (primary N) is 1. The zero-order valence-corrected chi connectivity index (χ0v) is 9.12. The number of anilines is 1. The van der Waals surface area contributed by atoms with Gasteiger partial charge in [-0.15, -0.1) is 0 Å². The lowest BCUT2D eigenvalue weighted by Crippen LogP contribution is -2.49. The molecule has 1 aromatic rings. The summed E-state index contributed by atoms with van der Waals surface area (Å²) in [6.45, 7) is 3.23. The summed E-state index contributed by atoms with van der Waals surface area (Å²) >= 11 is 0. The number of carbonyl (C=O) groups is 1. The Morgan fingerprint density at radius 1 is 1.47 bits per heavy atom. The highest BCUT2D eigenvalue weighted by atomic mass is 19.1. The Labute approximate surface area is 88.7 Å². The summed E-state index contributed by atoms with van der Waals surface area (Å²) in [5, 5.41) is 0. The van der Waals surface area contributed by atoms with E-state index in [2.05, 4.69) is 0 Å². The molecule has 0 fully saturated rings. The van der Waals surface area contributed by atoms with Crippen molar-refractivity contribution >= 4 is 11.6 Å². The van der Waals surface area contributed by atoms with Crippen molar-refractivity contribution in [1.82, 2.24) is 0 Å². The molecule has 4 heteroatoms. The van der Waals surface area contributed by atoms with Crippen LogP contribution in [-0.2, 0) is 4.79 Å². The summed E-state index contributed by atoms with van der Waals surface area (Å²) in [6.07, 6.45) is 0. The van der Waals surface area contributed by atoms with E-state index in [0.29, 0.717) is 5.69 Å². The Kier molecular flexibility index (Phi) is 3.09. The molecule has 0 aliphatic carbocycles. The first-order valence-corrected chi connectivity index (χ1v) is 4.65. The Bertz CT molecular complexity index is 371. The van der Waals surface area contributed by atoms with E-state index >= 15 is 0 Å². The first-order chi connectivity index (χ1) is 6.82. The van der Waals surface area contributed by atoms with Crippen LogP contribution in [0.4, 0.5) is 10.1 Å². The lowest BCUT2D eigenvalue weighted by Gasteiger charge is -2.25. The predicted octanol–water partition coefficient (Wildman–Crippen LogP) is 1.53. The second-order valence-corrected chi connectivity index (χ2v) is 4.07. The topological polar surface area (TPSA) is 46.3 Å². The lowest BCUT2D eigenvalue weighted by molar-refractivity contribution is -0.122. The molecule has 3 nitrogen and oxygen atoms in total. The first-order valence-electron chi connectivity index (χ1n) is 4.65. The van der Waals surface area contributed by atoms with Crippen molar-refractivity contribution < 1.29 is 9.18 Å². The van der Waals surface area contributed by atoms with Crippen LogP contribution in [0.25, 0.3) is 0 Å². The molecule has 1 aromatic carbocycles. The number of benzene rings is 1. The van der Waals surface area contributed by atoms with E-state index in [1.54, 1.807) is 33.0 Å². The third-order valence-electron chi connectivity index (χ3n) is 2.05. The van der Waals surface area contributed by atoms with E-state index in [1.807, 2.05) is 0 Å². The molecule has 0 heterocycles. The fourth-order valence-electron chi connectivity index (χ4n) is 1.23. The summed E-state index contributed by atoms with van der Waals surface area (Å²) in [5.41, 5.74) is 5.21. The molecule has 1 rings (SSSR count).